The summed E-state index contributed by atoms with van der Waals surface area (Å²) >= 11 is 0. The van der Waals surface area contributed by atoms with Crippen LogP contribution < -0.4 is 0 Å². The lowest BCUT2D eigenvalue weighted by atomic mass is 10.2. The Morgan fingerprint density at radius 3 is 2.61 bits per heavy atom. The van der Waals surface area contributed by atoms with E-state index in [0.717, 1.165) is 25.2 Å². The summed E-state index contributed by atoms with van der Waals surface area (Å²) in [4.78, 5) is 2.16. The van der Waals surface area contributed by atoms with Gasteiger partial charge in [-0.2, -0.15) is 5.10 Å². The summed E-state index contributed by atoms with van der Waals surface area (Å²) in [6.45, 7) is 9.17. The number of aromatic nitrogens is 2. The number of rotatable bonds is 8. The van der Waals surface area contributed by atoms with Gasteiger partial charge >= 0.3 is 0 Å². The highest BCUT2D eigenvalue weighted by Gasteiger charge is 2.13. The summed E-state index contributed by atoms with van der Waals surface area (Å²) in [7, 11) is 0. The molecule has 0 spiro atoms. The lowest BCUT2D eigenvalue weighted by Gasteiger charge is -2.25. The highest BCUT2D eigenvalue weighted by Crippen LogP contribution is 2.08. The van der Waals surface area contributed by atoms with Crippen molar-refractivity contribution in [2.45, 2.75) is 40.0 Å². The fourth-order valence-electron chi connectivity index (χ4n) is 1.99. The van der Waals surface area contributed by atoms with Crippen molar-refractivity contribution < 1.29 is 10.2 Å². The van der Waals surface area contributed by atoms with E-state index in [4.69, 9.17) is 5.11 Å². The van der Waals surface area contributed by atoms with Crippen LogP contribution in [-0.2, 0) is 13.1 Å². The van der Waals surface area contributed by atoms with Gasteiger partial charge in [0, 0.05) is 37.9 Å². The first-order valence-electron chi connectivity index (χ1n) is 6.57. The first kappa shape index (κ1) is 15.1. The molecule has 18 heavy (non-hydrogen) atoms. The molecule has 2 N–H and O–H groups in total. The Bertz CT molecular complexity index is 339. The van der Waals surface area contributed by atoms with Gasteiger partial charge in [0.15, 0.2) is 0 Å². The highest BCUT2D eigenvalue weighted by atomic mass is 16.3. The molecule has 104 valence electrons. The van der Waals surface area contributed by atoms with Crippen molar-refractivity contribution in [1.82, 2.24) is 14.7 Å². The monoisotopic (exact) mass is 255 g/mol. The van der Waals surface area contributed by atoms with Gasteiger partial charge in [-0.15, -0.1) is 0 Å². The molecular formula is C13H25N3O2. The summed E-state index contributed by atoms with van der Waals surface area (Å²) in [6, 6.07) is 0. The number of hydrogen-bond donors (Lipinski definition) is 2. The Balaban J connectivity index is 2.59. The molecule has 5 nitrogen and oxygen atoms in total. The second kappa shape index (κ2) is 7.51. The van der Waals surface area contributed by atoms with Crippen LogP contribution in [0.3, 0.4) is 0 Å². The van der Waals surface area contributed by atoms with Gasteiger partial charge in [-0.05, 0) is 12.8 Å². The molecule has 0 aliphatic heterocycles. The molecule has 1 atom stereocenters. The summed E-state index contributed by atoms with van der Waals surface area (Å²) < 4.78 is 1.89. The van der Waals surface area contributed by atoms with Crippen LogP contribution in [0.25, 0.3) is 0 Å². The van der Waals surface area contributed by atoms with Crippen molar-refractivity contribution in [2.75, 3.05) is 19.7 Å². The molecule has 0 fully saturated rings. The molecule has 0 unspecified atom stereocenters. The van der Waals surface area contributed by atoms with Crippen LogP contribution in [0, 0.1) is 5.92 Å². The molecule has 1 heterocycles. The number of aliphatic hydroxyl groups excluding tert-OH is 2. The third-order valence-electron chi connectivity index (χ3n) is 2.72. The van der Waals surface area contributed by atoms with Crippen molar-refractivity contribution in [3.05, 3.63) is 18.0 Å². The molecule has 1 rings (SSSR count). The van der Waals surface area contributed by atoms with Crippen molar-refractivity contribution in [3.63, 3.8) is 0 Å². The van der Waals surface area contributed by atoms with Crippen molar-refractivity contribution >= 4 is 0 Å². The Morgan fingerprint density at radius 1 is 1.39 bits per heavy atom. The third-order valence-corrected chi connectivity index (χ3v) is 2.72. The third kappa shape index (κ3) is 5.16. The van der Waals surface area contributed by atoms with Gasteiger partial charge < -0.3 is 10.2 Å². The fraction of sp³-hybridized carbons (Fsp3) is 0.769. The number of hydrogen-bond acceptors (Lipinski definition) is 4. The summed E-state index contributed by atoms with van der Waals surface area (Å²) in [5, 5.41) is 22.7. The van der Waals surface area contributed by atoms with Crippen molar-refractivity contribution in [1.29, 1.82) is 0 Å². The minimum atomic E-state index is -0.676. The molecule has 0 aromatic carbocycles. The van der Waals surface area contributed by atoms with Crippen molar-refractivity contribution in [3.8, 4) is 0 Å². The Hall–Kier alpha value is -0.910. The largest absolute Gasteiger partial charge is 0.394 e. The van der Waals surface area contributed by atoms with Crippen molar-refractivity contribution in [2.24, 2.45) is 5.92 Å². The average molecular weight is 255 g/mol. The molecule has 0 saturated heterocycles. The summed E-state index contributed by atoms with van der Waals surface area (Å²) in [6.07, 6.45) is 3.21. The predicted molar refractivity (Wildman–Crippen MR) is 71.1 cm³/mol. The van der Waals surface area contributed by atoms with Crippen LogP contribution in [-0.4, -0.2) is 50.7 Å². The van der Waals surface area contributed by atoms with Crippen LogP contribution in [0.5, 0.6) is 0 Å². The van der Waals surface area contributed by atoms with E-state index >= 15 is 0 Å². The Kier molecular flexibility index (Phi) is 6.32. The first-order valence-corrected chi connectivity index (χ1v) is 6.57. The smallest absolute Gasteiger partial charge is 0.0897 e. The van der Waals surface area contributed by atoms with Gasteiger partial charge in [-0.1, -0.05) is 13.8 Å². The van der Waals surface area contributed by atoms with E-state index in [9.17, 15) is 5.11 Å². The van der Waals surface area contributed by atoms with E-state index in [2.05, 4.69) is 30.8 Å². The number of aliphatic hydroxyl groups is 2. The van der Waals surface area contributed by atoms with E-state index in [1.165, 1.54) is 0 Å². The van der Waals surface area contributed by atoms with Gasteiger partial charge in [-0.25, -0.2) is 0 Å². The molecule has 0 amide bonds. The molecule has 0 radical (unpaired) electrons. The van der Waals surface area contributed by atoms with Crippen LogP contribution in [0.4, 0.5) is 0 Å². The zero-order chi connectivity index (χ0) is 13.5. The van der Waals surface area contributed by atoms with Gasteiger partial charge in [0.25, 0.3) is 0 Å². The Morgan fingerprint density at radius 2 is 2.11 bits per heavy atom. The lowest BCUT2D eigenvalue weighted by molar-refractivity contribution is 0.0530. The zero-order valence-electron chi connectivity index (χ0n) is 11.6. The number of nitrogens with zero attached hydrogens (tertiary/aromatic N) is 3. The first-order chi connectivity index (χ1) is 8.55. The zero-order valence-corrected chi connectivity index (χ0v) is 11.6. The molecule has 5 heteroatoms. The molecule has 0 aliphatic rings. The molecular weight excluding hydrogens is 230 g/mol. The minimum Gasteiger partial charge on any atom is -0.394 e. The SMILES string of the molecule is CCn1cc(CN(CC(C)C)C[C@H](O)CO)cn1. The van der Waals surface area contributed by atoms with Crippen LogP contribution >= 0.6 is 0 Å². The average Bonchev–Trinajstić information content (AvgIpc) is 2.75. The second-order valence-electron chi connectivity index (χ2n) is 5.13. The molecule has 0 aliphatic carbocycles. The number of aryl methyl sites for hydroxylation is 1. The van der Waals surface area contributed by atoms with Gasteiger partial charge in [-0.3, -0.25) is 9.58 Å². The van der Waals surface area contributed by atoms with Gasteiger partial charge in [0.1, 0.15) is 0 Å². The maximum Gasteiger partial charge on any atom is 0.0897 e. The molecule has 1 aromatic rings. The fourth-order valence-corrected chi connectivity index (χ4v) is 1.99. The van der Waals surface area contributed by atoms with E-state index in [1.54, 1.807) is 0 Å². The molecule has 0 bridgehead atoms. The second-order valence-corrected chi connectivity index (χ2v) is 5.13. The summed E-state index contributed by atoms with van der Waals surface area (Å²) in [5.41, 5.74) is 1.14. The maximum atomic E-state index is 9.56. The molecule has 0 saturated carbocycles. The lowest BCUT2D eigenvalue weighted by Crippen LogP contribution is -2.36. The normalized spacial score (nSPS) is 13.5. The van der Waals surface area contributed by atoms with E-state index < -0.39 is 6.10 Å². The topological polar surface area (TPSA) is 61.5 Å². The van der Waals surface area contributed by atoms with E-state index in [-0.39, 0.29) is 6.61 Å². The Labute approximate surface area is 109 Å². The predicted octanol–water partition coefficient (Wildman–Crippen LogP) is 0.714. The van der Waals surface area contributed by atoms with E-state index in [0.29, 0.717) is 12.5 Å². The van der Waals surface area contributed by atoms with Crippen LogP contribution in [0.15, 0.2) is 12.4 Å². The van der Waals surface area contributed by atoms with Crippen LogP contribution in [0.1, 0.15) is 26.3 Å². The summed E-state index contributed by atoms with van der Waals surface area (Å²) in [5.74, 6) is 0.525. The minimum absolute atomic E-state index is 0.192. The van der Waals surface area contributed by atoms with Gasteiger partial charge in [0.2, 0.25) is 0 Å². The standard InChI is InChI=1S/C13H25N3O2/c1-4-16-8-12(5-14-16)7-15(6-11(2)3)9-13(18)10-17/h5,8,11,13,17-18H,4,6-7,9-10H2,1-3H3/t13-/m0/s1. The van der Waals surface area contributed by atoms with Gasteiger partial charge in [0.05, 0.1) is 18.9 Å². The van der Waals surface area contributed by atoms with E-state index in [1.807, 2.05) is 17.1 Å². The highest BCUT2D eigenvalue weighted by molar-refractivity contribution is 5.03. The quantitative estimate of drug-likeness (QED) is 0.718. The maximum absolute atomic E-state index is 9.56. The molecule has 1 aromatic heterocycles. The van der Waals surface area contributed by atoms with Crippen LogP contribution in [0.2, 0.25) is 0 Å².